The molecule has 0 unspecified atom stereocenters. The van der Waals surface area contributed by atoms with Crippen LogP contribution in [0.1, 0.15) is 23.5 Å². The van der Waals surface area contributed by atoms with Gasteiger partial charge in [-0.1, -0.05) is 42.5 Å². The third-order valence-electron chi connectivity index (χ3n) is 5.77. The second-order valence-corrected chi connectivity index (χ2v) is 8.03. The summed E-state index contributed by atoms with van der Waals surface area (Å²) < 4.78 is 25.3. The number of hydrogen-bond acceptors (Lipinski definition) is 3. The van der Waals surface area contributed by atoms with Crippen LogP contribution in [0.5, 0.6) is 11.5 Å². The predicted molar refractivity (Wildman–Crippen MR) is 117 cm³/mol. The molecule has 3 aromatic carbocycles. The summed E-state index contributed by atoms with van der Waals surface area (Å²) in [6.45, 7) is 3.21. The van der Waals surface area contributed by atoms with Crippen LogP contribution in [0.25, 0.3) is 0 Å². The van der Waals surface area contributed by atoms with Crippen LogP contribution >= 0.6 is 0 Å². The average molecular weight is 406 g/mol. The van der Waals surface area contributed by atoms with E-state index in [9.17, 15) is 4.39 Å². The summed E-state index contributed by atoms with van der Waals surface area (Å²) >= 11 is 0. The first-order chi connectivity index (χ1) is 14.7. The molecule has 3 aromatic rings. The minimum Gasteiger partial charge on any atom is -0.493 e. The summed E-state index contributed by atoms with van der Waals surface area (Å²) in [6, 6.07) is 24.9. The molecule has 1 saturated heterocycles. The van der Waals surface area contributed by atoms with Crippen molar-refractivity contribution in [3.63, 3.8) is 0 Å². The Morgan fingerprint density at radius 3 is 2.23 bits per heavy atom. The third-order valence-corrected chi connectivity index (χ3v) is 5.77. The fourth-order valence-corrected chi connectivity index (χ4v) is 4.11. The van der Waals surface area contributed by atoms with Crippen molar-refractivity contribution in [2.45, 2.75) is 18.9 Å². The molecule has 1 fully saturated rings. The molecule has 0 aromatic heterocycles. The van der Waals surface area contributed by atoms with E-state index in [-0.39, 0.29) is 5.82 Å². The van der Waals surface area contributed by atoms with Crippen LogP contribution in [-0.2, 0) is 6.61 Å². The van der Waals surface area contributed by atoms with E-state index in [0.29, 0.717) is 25.0 Å². The van der Waals surface area contributed by atoms with Crippen LogP contribution in [0.4, 0.5) is 4.39 Å². The Hall–Kier alpha value is -2.85. The van der Waals surface area contributed by atoms with E-state index in [2.05, 4.69) is 24.1 Å². The molecule has 1 heterocycles. The van der Waals surface area contributed by atoms with Crippen LogP contribution in [0.2, 0.25) is 0 Å². The van der Waals surface area contributed by atoms with E-state index in [1.165, 1.54) is 5.56 Å². The number of rotatable bonds is 7. The molecule has 0 N–H and O–H groups in total. The van der Waals surface area contributed by atoms with Crippen molar-refractivity contribution < 1.29 is 13.9 Å². The fraction of sp³-hybridized carbons (Fsp3) is 0.308. The van der Waals surface area contributed by atoms with Crippen molar-refractivity contribution >= 4 is 0 Å². The summed E-state index contributed by atoms with van der Waals surface area (Å²) in [5.41, 5.74) is 2.34. The van der Waals surface area contributed by atoms with Crippen molar-refractivity contribution in [3.8, 4) is 11.5 Å². The van der Waals surface area contributed by atoms with Gasteiger partial charge in [0.1, 0.15) is 23.9 Å². The fourth-order valence-electron chi connectivity index (χ4n) is 4.11. The highest BCUT2D eigenvalue weighted by molar-refractivity contribution is 5.31. The number of nitrogens with zero attached hydrogens (tertiary/aromatic N) is 1. The molecule has 2 atom stereocenters. The Morgan fingerprint density at radius 2 is 1.53 bits per heavy atom. The molecule has 4 rings (SSSR count). The Morgan fingerprint density at radius 1 is 0.867 bits per heavy atom. The molecule has 0 bridgehead atoms. The van der Waals surface area contributed by atoms with E-state index in [1.54, 1.807) is 12.1 Å². The zero-order valence-corrected chi connectivity index (χ0v) is 17.3. The molecule has 4 heteroatoms. The van der Waals surface area contributed by atoms with Crippen LogP contribution in [-0.4, -0.2) is 31.6 Å². The van der Waals surface area contributed by atoms with Gasteiger partial charge in [0, 0.05) is 12.5 Å². The normalized spacial score (nSPS) is 19.4. The summed E-state index contributed by atoms with van der Waals surface area (Å²) in [4.78, 5) is 2.34. The molecule has 156 valence electrons. The van der Waals surface area contributed by atoms with Crippen LogP contribution in [0.3, 0.4) is 0 Å². The topological polar surface area (TPSA) is 21.7 Å². The summed E-state index contributed by atoms with van der Waals surface area (Å²) in [6.07, 6.45) is 1.06. The Balaban J connectivity index is 1.34. The predicted octanol–water partition coefficient (Wildman–Crippen LogP) is 5.52. The van der Waals surface area contributed by atoms with Gasteiger partial charge in [0.15, 0.2) is 0 Å². The highest BCUT2D eigenvalue weighted by atomic mass is 19.1. The molecule has 30 heavy (non-hydrogen) atoms. The van der Waals surface area contributed by atoms with Crippen LogP contribution < -0.4 is 9.47 Å². The highest BCUT2D eigenvalue weighted by Gasteiger charge is 2.29. The van der Waals surface area contributed by atoms with Crippen LogP contribution in [0.15, 0.2) is 78.9 Å². The molecule has 1 aliphatic rings. The third kappa shape index (κ3) is 5.39. The molecule has 0 spiro atoms. The molecule has 0 radical (unpaired) electrons. The number of halogens is 1. The second-order valence-electron chi connectivity index (χ2n) is 8.03. The minimum absolute atomic E-state index is 0.186. The Labute approximate surface area is 178 Å². The van der Waals surface area contributed by atoms with E-state index in [1.807, 2.05) is 54.6 Å². The zero-order valence-electron chi connectivity index (χ0n) is 17.3. The molecular weight excluding hydrogens is 377 g/mol. The first-order valence-electron chi connectivity index (χ1n) is 10.5. The van der Waals surface area contributed by atoms with Crippen molar-refractivity contribution in [2.75, 3.05) is 26.7 Å². The smallest absolute Gasteiger partial charge is 0.123 e. The number of piperidine rings is 1. The van der Waals surface area contributed by atoms with Crippen molar-refractivity contribution in [1.82, 2.24) is 4.90 Å². The number of ether oxygens (including phenoxy) is 2. The van der Waals surface area contributed by atoms with Gasteiger partial charge in [-0.2, -0.15) is 0 Å². The molecule has 1 aliphatic heterocycles. The Kier molecular flexibility index (Phi) is 6.65. The minimum atomic E-state index is -0.186. The van der Waals surface area contributed by atoms with Gasteiger partial charge >= 0.3 is 0 Å². The summed E-state index contributed by atoms with van der Waals surface area (Å²) in [7, 11) is 2.15. The number of benzene rings is 3. The molecular formula is C26H28FNO2. The maximum Gasteiger partial charge on any atom is 0.123 e. The lowest BCUT2D eigenvalue weighted by atomic mass is 9.81. The van der Waals surface area contributed by atoms with Gasteiger partial charge in [-0.15, -0.1) is 0 Å². The lowest BCUT2D eigenvalue weighted by Gasteiger charge is -2.37. The van der Waals surface area contributed by atoms with Gasteiger partial charge in [-0.25, -0.2) is 4.39 Å². The molecule has 0 amide bonds. The van der Waals surface area contributed by atoms with Gasteiger partial charge in [0.05, 0.1) is 6.61 Å². The van der Waals surface area contributed by atoms with Gasteiger partial charge in [0.2, 0.25) is 0 Å². The largest absolute Gasteiger partial charge is 0.493 e. The molecule has 0 saturated carbocycles. The first kappa shape index (κ1) is 20.4. The maximum atomic E-state index is 13.3. The maximum absolute atomic E-state index is 13.3. The van der Waals surface area contributed by atoms with E-state index < -0.39 is 0 Å². The number of hydrogen-bond donors (Lipinski definition) is 0. The highest BCUT2D eigenvalue weighted by Crippen LogP contribution is 2.33. The van der Waals surface area contributed by atoms with E-state index >= 15 is 0 Å². The quantitative estimate of drug-likeness (QED) is 0.517. The van der Waals surface area contributed by atoms with Gasteiger partial charge < -0.3 is 14.4 Å². The summed E-state index contributed by atoms with van der Waals surface area (Å²) in [5, 5.41) is 0. The van der Waals surface area contributed by atoms with Gasteiger partial charge in [-0.05, 0) is 73.5 Å². The van der Waals surface area contributed by atoms with Gasteiger partial charge in [-0.3, -0.25) is 0 Å². The van der Waals surface area contributed by atoms with Crippen molar-refractivity contribution in [2.24, 2.45) is 5.92 Å². The molecule has 0 aliphatic carbocycles. The number of likely N-dealkylation sites (tertiary alicyclic amines) is 1. The van der Waals surface area contributed by atoms with Crippen LogP contribution in [0, 0.1) is 11.7 Å². The zero-order chi connectivity index (χ0) is 20.8. The molecule has 3 nitrogen and oxygen atoms in total. The standard InChI is InChI=1S/C26H28FNO2/c1-28-16-15-26(21-7-9-23(27)10-8-21)22(17-28)19-30-25-13-11-24(12-14-25)29-18-20-5-3-2-4-6-20/h2-14,22,26H,15-19H2,1H3/t22-,26-/m0/s1. The second kappa shape index (κ2) is 9.77. The lowest BCUT2D eigenvalue weighted by molar-refractivity contribution is 0.129. The first-order valence-corrected chi connectivity index (χ1v) is 10.5. The average Bonchev–Trinajstić information content (AvgIpc) is 2.78. The summed E-state index contributed by atoms with van der Waals surface area (Å²) in [5.74, 6) is 2.23. The van der Waals surface area contributed by atoms with E-state index in [4.69, 9.17) is 9.47 Å². The van der Waals surface area contributed by atoms with Crippen molar-refractivity contribution in [1.29, 1.82) is 0 Å². The monoisotopic (exact) mass is 405 g/mol. The van der Waals surface area contributed by atoms with Gasteiger partial charge in [0.25, 0.3) is 0 Å². The van der Waals surface area contributed by atoms with E-state index in [0.717, 1.165) is 36.6 Å². The van der Waals surface area contributed by atoms with Crippen molar-refractivity contribution in [3.05, 3.63) is 95.8 Å². The Bertz CT molecular complexity index is 912. The lowest BCUT2D eigenvalue weighted by Crippen LogP contribution is -2.39. The SMILES string of the molecule is CN1CC[C@@H](c2ccc(F)cc2)[C@H](COc2ccc(OCc3ccccc3)cc2)C1.